The van der Waals surface area contributed by atoms with Crippen LogP contribution in [0.5, 0.6) is 0 Å². The van der Waals surface area contributed by atoms with Crippen molar-refractivity contribution in [3.05, 3.63) is 0 Å². The summed E-state index contributed by atoms with van der Waals surface area (Å²) in [6, 6.07) is 0. The molecule has 0 aliphatic carbocycles. The molecule has 1 amide bonds. The predicted octanol–water partition coefficient (Wildman–Crippen LogP) is -0.750. The number of nitrogens with zero attached hydrogens (tertiary/aromatic N) is 2. The Bertz CT molecular complexity index is 198. The van der Waals surface area contributed by atoms with Gasteiger partial charge in [0.25, 0.3) is 5.91 Å². The molecule has 1 unspecified atom stereocenters. The monoisotopic (exact) mass is 129 g/mol. The number of guanidine groups is 1. The van der Waals surface area contributed by atoms with E-state index in [-0.39, 0.29) is 5.96 Å². The van der Waals surface area contributed by atoms with Crippen LogP contribution in [-0.4, -0.2) is 24.3 Å². The second-order valence-electron chi connectivity index (χ2n) is 1.49. The fourth-order valence-corrected chi connectivity index (χ4v) is 0.409. The number of rotatable bonds is 0. The summed E-state index contributed by atoms with van der Waals surface area (Å²) in [4.78, 5) is 16.6. The average Bonchev–Trinajstić information content (AvgIpc) is 1.80. The lowest BCUT2D eigenvalue weighted by Crippen LogP contribution is -2.25. The highest BCUT2D eigenvalue weighted by atomic mass is 19.1. The molecule has 9 heavy (non-hydrogen) atoms. The van der Waals surface area contributed by atoms with Gasteiger partial charge in [-0.25, -0.2) is 9.38 Å². The molecule has 2 N–H and O–H groups in total. The van der Waals surface area contributed by atoms with Crippen molar-refractivity contribution in [1.82, 2.24) is 0 Å². The van der Waals surface area contributed by atoms with E-state index in [2.05, 4.69) is 9.98 Å². The lowest BCUT2D eigenvalue weighted by molar-refractivity contribution is -0.120. The lowest BCUT2D eigenvalue weighted by Gasteiger charge is -2.00. The maximum atomic E-state index is 12.1. The summed E-state index contributed by atoms with van der Waals surface area (Å²) in [5, 5.41) is 0. The van der Waals surface area contributed by atoms with Crippen LogP contribution in [0.25, 0.3) is 0 Å². The van der Waals surface area contributed by atoms with Crippen molar-refractivity contribution in [3.8, 4) is 0 Å². The highest BCUT2D eigenvalue weighted by Crippen LogP contribution is 1.95. The van der Waals surface area contributed by atoms with E-state index in [0.717, 1.165) is 6.21 Å². The van der Waals surface area contributed by atoms with Gasteiger partial charge in [-0.1, -0.05) is 0 Å². The molecular weight excluding hydrogens is 125 g/mol. The zero-order chi connectivity index (χ0) is 6.85. The van der Waals surface area contributed by atoms with Crippen LogP contribution in [0, 0.1) is 0 Å². The minimum absolute atomic E-state index is 0.186. The number of alkyl halides is 1. The Morgan fingerprint density at radius 2 is 2.44 bits per heavy atom. The number of nitrogens with two attached hydrogens (primary N) is 1. The van der Waals surface area contributed by atoms with Gasteiger partial charge in [0.05, 0.1) is 6.21 Å². The van der Waals surface area contributed by atoms with E-state index in [1.807, 2.05) is 0 Å². The summed E-state index contributed by atoms with van der Waals surface area (Å²) in [6.07, 6.45) is -0.887. The first-order valence-corrected chi connectivity index (χ1v) is 2.26. The van der Waals surface area contributed by atoms with E-state index in [9.17, 15) is 9.18 Å². The summed E-state index contributed by atoms with van der Waals surface area (Å²) >= 11 is 0. The van der Waals surface area contributed by atoms with Crippen LogP contribution in [0.15, 0.2) is 9.98 Å². The molecule has 4 nitrogen and oxygen atoms in total. The molecule has 0 aromatic carbocycles. The van der Waals surface area contributed by atoms with Gasteiger partial charge in [-0.3, -0.25) is 4.79 Å². The van der Waals surface area contributed by atoms with Crippen LogP contribution < -0.4 is 5.73 Å². The number of hydrogen-bond acceptors (Lipinski definition) is 3. The van der Waals surface area contributed by atoms with Crippen molar-refractivity contribution in [2.75, 3.05) is 0 Å². The van der Waals surface area contributed by atoms with Crippen molar-refractivity contribution < 1.29 is 9.18 Å². The molecule has 0 aromatic heterocycles. The average molecular weight is 129 g/mol. The predicted molar refractivity (Wildman–Crippen MR) is 30.0 cm³/mol. The Morgan fingerprint density at radius 1 is 1.78 bits per heavy atom. The molecule has 0 radical (unpaired) electrons. The fraction of sp³-hybridized carbons (Fsp3) is 0.250. The van der Waals surface area contributed by atoms with Gasteiger partial charge < -0.3 is 5.73 Å². The van der Waals surface area contributed by atoms with E-state index >= 15 is 0 Å². The summed E-state index contributed by atoms with van der Waals surface area (Å²) in [5.41, 5.74) is 4.95. The van der Waals surface area contributed by atoms with E-state index in [4.69, 9.17) is 5.73 Å². The zero-order valence-corrected chi connectivity index (χ0v) is 4.41. The second-order valence-corrected chi connectivity index (χ2v) is 1.49. The van der Waals surface area contributed by atoms with E-state index in [1.165, 1.54) is 0 Å². The van der Waals surface area contributed by atoms with Gasteiger partial charge in [0.1, 0.15) is 0 Å². The number of carbonyl (C=O) groups excluding carboxylic acids is 1. The first-order valence-electron chi connectivity index (χ1n) is 2.26. The number of hydrogen-bond donors (Lipinski definition) is 1. The zero-order valence-electron chi connectivity index (χ0n) is 4.41. The third-order valence-electron chi connectivity index (χ3n) is 0.798. The minimum Gasteiger partial charge on any atom is -0.368 e. The molecule has 0 saturated heterocycles. The minimum atomic E-state index is -1.71. The topological polar surface area (TPSA) is 67.8 Å². The van der Waals surface area contributed by atoms with Gasteiger partial charge in [-0.15, -0.1) is 0 Å². The lowest BCUT2D eigenvalue weighted by atomic mass is 10.4. The first-order chi connectivity index (χ1) is 4.20. The van der Waals surface area contributed by atoms with Gasteiger partial charge in [0, 0.05) is 0 Å². The molecule has 0 saturated carbocycles. The molecule has 1 aliphatic heterocycles. The quantitative estimate of drug-likeness (QED) is 0.467. The summed E-state index contributed by atoms with van der Waals surface area (Å²) in [6.45, 7) is 0. The smallest absolute Gasteiger partial charge is 0.289 e. The maximum Gasteiger partial charge on any atom is 0.289 e. The third kappa shape index (κ3) is 1.10. The molecule has 1 atom stereocenters. The van der Waals surface area contributed by atoms with Gasteiger partial charge in [0.15, 0.2) is 0 Å². The number of amides is 1. The molecule has 5 heteroatoms. The normalized spacial score (nSPS) is 26.1. The molecule has 1 heterocycles. The molecule has 1 aliphatic rings. The summed E-state index contributed by atoms with van der Waals surface area (Å²) in [7, 11) is 0. The Balaban J connectivity index is 2.82. The molecule has 0 spiro atoms. The van der Waals surface area contributed by atoms with Crippen molar-refractivity contribution in [1.29, 1.82) is 0 Å². The van der Waals surface area contributed by atoms with Gasteiger partial charge in [-0.2, -0.15) is 4.99 Å². The fourth-order valence-electron chi connectivity index (χ4n) is 0.409. The third-order valence-corrected chi connectivity index (χ3v) is 0.798. The summed E-state index contributed by atoms with van der Waals surface area (Å²) in [5.74, 6) is -1.07. The van der Waals surface area contributed by atoms with Crippen LogP contribution >= 0.6 is 0 Å². The van der Waals surface area contributed by atoms with Gasteiger partial charge in [0.2, 0.25) is 12.1 Å². The number of halogens is 1. The molecule has 48 valence electrons. The highest BCUT2D eigenvalue weighted by molar-refractivity contribution is 6.09. The van der Waals surface area contributed by atoms with Crippen molar-refractivity contribution in [2.45, 2.75) is 6.17 Å². The van der Waals surface area contributed by atoms with Crippen LogP contribution in [0.2, 0.25) is 0 Å². The largest absolute Gasteiger partial charge is 0.368 e. The van der Waals surface area contributed by atoms with Crippen LogP contribution in [0.1, 0.15) is 0 Å². The van der Waals surface area contributed by atoms with Gasteiger partial charge >= 0.3 is 0 Å². The molecule has 0 fully saturated rings. The SMILES string of the molecule is NC1=NC(=O)C(F)C=N1. The van der Waals surface area contributed by atoms with Crippen molar-refractivity contribution in [3.63, 3.8) is 0 Å². The van der Waals surface area contributed by atoms with Crippen LogP contribution in [0.4, 0.5) is 4.39 Å². The number of carbonyl (C=O) groups is 1. The Labute approximate surface area is 50.3 Å². The van der Waals surface area contributed by atoms with E-state index in [0.29, 0.717) is 0 Å². The van der Waals surface area contributed by atoms with Crippen molar-refractivity contribution >= 4 is 18.1 Å². The molecule has 1 rings (SSSR count). The number of aliphatic imine (C=N–C) groups is 2. The first kappa shape index (κ1) is 5.87. The Kier molecular flexibility index (Phi) is 1.26. The van der Waals surface area contributed by atoms with E-state index < -0.39 is 12.1 Å². The van der Waals surface area contributed by atoms with Crippen LogP contribution in [0.3, 0.4) is 0 Å². The Hall–Kier alpha value is -1.26. The van der Waals surface area contributed by atoms with Gasteiger partial charge in [-0.05, 0) is 0 Å². The maximum absolute atomic E-state index is 12.1. The molecule has 0 aromatic rings. The molecular formula is C4H4FN3O. The van der Waals surface area contributed by atoms with E-state index in [1.54, 1.807) is 0 Å². The standard InChI is InChI=1S/C4H4FN3O/c5-2-1-7-4(6)8-3(2)9/h1-2H,(H2,6,8,9). The van der Waals surface area contributed by atoms with Crippen molar-refractivity contribution in [2.24, 2.45) is 15.7 Å². The Morgan fingerprint density at radius 3 is 2.89 bits per heavy atom. The second kappa shape index (κ2) is 1.93. The highest BCUT2D eigenvalue weighted by Gasteiger charge is 2.17. The van der Waals surface area contributed by atoms with Crippen LogP contribution in [-0.2, 0) is 4.79 Å². The molecule has 0 bridgehead atoms. The summed E-state index contributed by atoms with van der Waals surface area (Å²) < 4.78 is 12.1.